The van der Waals surface area contributed by atoms with Crippen molar-refractivity contribution in [3.63, 3.8) is 0 Å². The molecule has 0 atom stereocenters. The van der Waals surface area contributed by atoms with Crippen LogP contribution in [-0.4, -0.2) is 54.7 Å². The molecule has 3 heterocycles. The lowest BCUT2D eigenvalue weighted by Gasteiger charge is -2.27. The zero-order valence-electron chi connectivity index (χ0n) is 16.6. The molecule has 1 aromatic heterocycles. The topological polar surface area (TPSA) is 126 Å². The molecule has 2 amide bonds. The minimum atomic E-state index is -0.264. The number of nitrogens with one attached hydrogen (secondary N) is 3. The Balaban J connectivity index is 1.41. The molecule has 2 aliphatic heterocycles. The second-order valence-corrected chi connectivity index (χ2v) is 7.12. The number of benzene rings is 1. The number of H-pyrrole nitrogens is 1. The molecule has 0 aliphatic carbocycles. The monoisotopic (exact) mass is 413 g/mol. The first-order valence-electron chi connectivity index (χ1n) is 9.79. The minimum Gasteiger partial charge on any atom is -0.479 e. The van der Waals surface area contributed by atoms with Crippen LogP contribution in [0.15, 0.2) is 23.0 Å². The lowest BCUT2D eigenvalue weighted by molar-refractivity contribution is -0.118. The molecule has 3 N–H and O–H groups in total. The van der Waals surface area contributed by atoms with E-state index in [0.29, 0.717) is 60.6 Å². The third-order valence-electron chi connectivity index (χ3n) is 5.03. The molecule has 1 fully saturated rings. The number of aromatic nitrogens is 2. The highest BCUT2D eigenvalue weighted by Crippen LogP contribution is 2.35. The minimum absolute atomic E-state index is 0.102. The van der Waals surface area contributed by atoms with Crippen LogP contribution in [0.3, 0.4) is 0 Å². The van der Waals surface area contributed by atoms with E-state index < -0.39 is 0 Å². The first-order valence-corrected chi connectivity index (χ1v) is 9.79. The van der Waals surface area contributed by atoms with Gasteiger partial charge in [-0.3, -0.25) is 19.4 Å². The fourth-order valence-corrected chi connectivity index (χ4v) is 3.48. The number of ether oxygens (including phenoxy) is 2. The molecule has 158 valence electrons. The van der Waals surface area contributed by atoms with Gasteiger partial charge in [0.05, 0.1) is 24.6 Å². The zero-order chi connectivity index (χ0) is 21.1. The van der Waals surface area contributed by atoms with E-state index in [1.54, 1.807) is 25.1 Å². The van der Waals surface area contributed by atoms with Crippen molar-refractivity contribution >= 4 is 29.1 Å². The third-order valence-corrected chi connectivity index (χ3v) is 5.03. The largest absolute Gasteiger partial charge is 0.479 e. The van der Waals surface area contributed by atoms with Gasteiger partial charge >= 0.3 is 0 Å². The third kappa shape index (κ3) is 4.28. The van der Waals surface area contributed by atoms with Crippen LogP contribution in [0.5, 0.6) is 5.75 Å². The molecule has 1 aromatic carbocycles. The standard InChI is InChI=1S/C20H23N5O5/c1-12-13(19(28)24-20(21-12)25-7-9-29-10-8-25)5-6-16(26)22-14-3-2-4-15-18(14)30-11-17(27)23-15/h2-4H,5-11H2,1H3,(H,22,26)(H,23,27)(H,21,24,28). The SMILES string of the molecule is Cc1nc(N2CCOCC2)[nH]c(=O)c1CCC(=O)Nc1cccc2c1OCC(=O)N2. The Kier molecular flexibility index (Phi) is 5.66. The average molecular weight is 413 g/mol. The zero-order valence-corrected chi connectivity index (χ0v) is 16.6. The summed E-state index contributed by atoms with van der Waals surface area (Å²) in [6.07, 6.45) is 0.370. The lowest BCUT2D eigenvalue weighted by Crippen LogP contribution is -2.38. The Morgan fingerprint density at radius 2 is 2.07 bits per heavy atom. The first-order chi connectivity index (χ1) is 14.5. The van der Waals surface area contributed by atoms with Crippen LogP contribution >= 0.6 is 0 Å². The van der Waals surface area contributed by atoms with Gasteiger partial charge < -0.3 is 25.0 Å². The number of para-hydroxylation sites is 1. The Morgan fingerprint density at radius 1 is 1.27 bits per heavy atom. The van der Waals surface area contributed by atoms with Crippen molar-refractivity contribution in [2.75, 3.05) is 48.4 Å². The Morgan fingerprint density at radius 3 is 2.83 bits per heavy atom. The van der Waals surface area contributed by atoms with Crippen molar-refractivity contribution in [1.29, 1.82) is 0 Å². The predicted octanol–water partition coefficient (Wildman–Crippen LogP) is 0.817. The summed E-state index contributed by atoms with van der Waals surface area (Å²) in [5.41, 5.74) is 1.85. The van der Waals surface area contributed by atoms with Crippen molar-refractivity contribution in [1.82, 2.24) is 9.97 Å². The lowest BCUT2D eigenvalue weighted by atomic mass is 10.1. The van der Waals surface area contributed by atoms with E-state index in [9.17, 15) is 14.4 Å². The molecule has 10 nitrogen and oxygen atoms in total. The summed E-state index contributed by atoms with van der Waals surface area (Å²) in [6.45, 7) is 4.22. The molecule has 0 unspecified atom stereocenters. The summed E-state index contributed by atoms with van der Waals surface area (Å²) in [5, 5.41) is 5.48. The average Bonchev–Trinajstić information content (AvgIpc) is 2.73. The van der Waals surface area contributed by atoms with Gasteiger partial charge in [0.25, 0.3) is 11.5 Å². The van der Waals surface area contributed by atoms with Crippen LogP contribution in [0.4, 0.5) is 17.3 Å². The highest BCUT2D eigenvalue weighted by Gasteiger charge is 2.21. The van der Waals surface area contributed by atoms with Crippen LogP contribution in [0.2, 0.25) is 0 Å². The number of fused-ring (bicyclic) bond motifs is 1. The maximum Gasteiger partial charge on any atom is 0.262 e. The maximum atomic E-state index is 12.6. The van der Waals surface area contributed by atoms with Crippen molar-refractivity contribution < 1.29 is 19.1 Å². The normalized spacial score (nSPS) is 15.8. The van der Waals surface area contributed by atoms with Gasteiger partial charge in [0.2, 0.25) is 11.9 Å². The molecule has 2 aromatic rings. The van der Waals surface area contributed by atoms with Crippen LogP contribution in [0.25, 0.3) is 0 Å². The van der Waals surface area contributed by atoms with Crippen molar-refractivity contribution in [2.24, 2.45) is 0 Å². The van der Waals surface area contributed by atoms with E-state index in [0.717, 1.165) is 0 Å². The van der Waals surface area contributed by atoms with Gasteiger partial charge in [0.1, 0.15) is 0 Å². The molecule has 10 heteroatoms. The second-order valence-electron chi connectivity index (χ2n) is 7.12. The summed E-state index contributed by atoms with van der Waals surface area (Å²) >= 11 is 0. The van der Waals surface area contributed by atoms with Crippen LogP contribution < -0.4 is 25.8 Å². The molecule has 2 aliphatic rings. The number of morpholine rings is 1. The number of hydrogen-bond acceptors (Lipinski definition) is 7. The molecule has 1 saturated heterocycles. The highest BCUT2D eigenvalue weighted by molar-refractivity contribution is 5.99. The predicted molar refractivity (Wildman–Crippen MR) is 110 cm³/mol. The van der Waals surface area contributed by atoms with Crippen LogP contribution in [-0.2, 0) is 20.7 Å². The molecular formula is C20H23N5O5. The van der Waals surface area contributed by atoms with Crippen LogP contribution in [0, 0.1) is 6.92 Å². The Bertz CT molecular complexity index is 1030. The maximum absolute atomic E-state index is 12.6. The van der Waals surface area contributed by atoms with Gasteiger partial charge in [-0.25, -0.2) is 4.98 Å². The Hall–Kier alpha value is -3.40. The van der Waals surface area contributed by atoms with Gasteiger partial charge in [-0.1, -0.05) is 6.07 Å². The van der Waals surface area contributed by atoms with Gasteiger partial charge in [-0.05, 0) is 25.5 Å². The summed E-state index contributed by atoms with van der Waals surface area (Å²) in [6, 6.07) is 5.12. The number of hydrogen-bond donors (Lipinski definition) is 3. The van der Waals surface area contributed by atoms with Crippen LogP contribution in [0.1, 0.15) is 17.7 Å². The number of rotatable bonds is 5. The summed E-state index contributed by atoms with van der Waals surface area (Å²) < 4.78 is 10.8. The van der Waals surface area contributed by atoms with E-state index in [-0.39, 0.29) is 36.8 Å². The number of aromatic amines is 1. The summed E-state index contributed by atoms with van der Waals surface area (Å²) in [7, 11) is 0. The second kappa shape index (κ2) is 8.54. The molecule has 0 spiro atoms. The van der Waals surface area contributed by atoms with E-state index in [4.69, 9.17) is 9.47 Å². The summed E-state index contributed by atoms with van der Waals surface area (Å²) in [4.78, 5) is 45.8. The number of amides is 2. The smallest absolute Gasteiger partial charge is 0.262 e. The fourth-order valence-electron chi connectivity index (χ4n) is 3.48. The van der Waals surface area contributed by atoms with E-state index in [1.807, 2.05) is 4.90 Å². The fraction of sp³-hybridized carbons (Fsp3) is 0.400. The van der Waals surface area contributed by atoms with Gasteiger partial charge in [-0.15, -0.1) is 0 Å². The number of carbonyl (C=O) groups excluding carboxylic acids is 2. The quantitative estimate of drug-likeness (QED) is 0.662. The number of aryl methyl sites for hydroxylation is 1. The van der Waals surface area contributed by atoms with Gasteiger partial charge in [0, 0.05) is 30.8 Å². The van der Waals surface area contributed by atoms with Crippen molar-refractivity contribution in [3.8, 4) is 5.75 Å². The number of carbonyl (C=O) groups is 2. The van der Waals surface area contributed by atoms with Crippen molar-refractivity contribution in [2.45, 2.75) is 19.8 Å². The number of anilines is 3. The van der Waals surface area contributed by atoms with E-state index in [1.165, 1.54) is 0 Å². The Labute approximate surface area is 172 Å². The molecular weight excluding hydrogens is 390 g/mol. The van der Waals surface area contributed by atoms with E-state index >= 15 is 0 Å². The van der Waals surface area contributed by atoms with Gasteiger partial charge in [-0.2, -0.15) is 0 Å². The summed E-state index contributed by atoms with van der Waals surface area (Å²) in [5.74, 6) is 0.453. The van der Waals surface area contributed by atoms with Gasteiger partial charge in [0.15, 0.2) is 12.4 Å². The molecule has 0 saturated carbocycles. The highest BCUT2D eigenvalue weighted by atomic mass is 16.5. The molecule has 30 heavy (non-hydrogen) atoms. The number of nitrogens with zero attached hydrogens (tertiary/aromatic N) is 2. The molecule has 0 bridgehead atoms. The molecule has 0 radical (unpaired) electrons. The van der Waals surface area contributed by atoms with E-state index in [2.05, 4.69) is 20.6 Å². The molecule has 4 rings (SSSR count). The first kappa shape index (κ1) is 19.9. The van der Waals surface area contributed by atoms with Crippen molar-refractivity contribution in [3.05, 3.63) is 39.8 Å².